The maximum absolute atomic E-state index is 10.5. The third-order valence-electron chi connectivity index (χ3n) is 0.933. The largest absolute Gasteiger partial charge is 0.277 e. The predicted molar refractivity (Wildman–Crippen MR) is 26.6 cm³/mol. The highest BCUT2D eigenvalue weighted by Gasteiger charge is 2.20. The highest BCUT2D eigenvalue weighted by molar-refractivity contribution is 5.77. The van der Waals surface area contributed by atoms with Gasteiger partial charge in [0.15, 0.2) is 0 Å². The Balaban J connectivity index is 2.39. The number of nitrogens with one attached hydrogen (secondary N) is 1. The van der Waals surface area contributed by atoms with Crippen LogP contribution in [0.3, 0.4) is 0 Å². The zero-order valence-corrected chi connectivity index (χ0v) is 4.66. The van der Waals surface area contributed by atoms with Crippen LogP contribution < -0.4 is 5.43 Å². The van der Waals surface area contributed by atoms with Gasteiger partial charge in [0.05, 0.1) is 13.0 Å². The molecule has 1 heterocycles. The van der Waals surface area contributed by atoms with Gasteiger partial charge in [-0.1, -0.05) is 0 Å². The summed E-state index contributed by atoms with van der Waals surface area (Å²) in [4.78, 5) is 24.9. The molecule has 5 heteroatoms. The Morgan fingerprint density at radius 2 is 2.56 bits per heavy atom. The molecule has 0 aromatic heterocycles. The zero-order chi connectivity index (χ0) is 6.69. The van der Waals surface area contributed by atoms with Crippen LogP contribution >= 0.6 is 0 Å². The lowest BCUT2D eigenvalue weighted by Gasteiger charge is -2.09. The van der Waals surface area contributed by atoms with Crippen molar-refractivity contribution >= 4 is 12.3 Å². The number of amides is 2. The number of hydroxylamine groups is 1. The lowest BCUT2D eigenvalue weighted by molar-refractivity contribution is -0.179. The first-order valence-electron chi connectivity index (χ1n) is 2.50. The Morgan fingerprint density at radius 1 is 1.78 bits per heavy atom. The van der Waals surface area contributed by atoms with E-state index in [9.17, 15) is 9.59 Å². The van der Waals surface area contributed by atoms with Gasteiger partial charge in [-0.25, -0.2) is 5.43 Å². The van der Waals surface area contributed by atoms with Gasteiger partial charge < -0.3 is 0 Å². The van der Waals surface area contributed by atoms with Crippen molar-refractivity contribution < 1.29 is 14.4 Å². The van der Waals surface area contributed by atoms with Crippen LogP contribution in [0, 0.1) is 0 Å². The summed E-state index contributed by atoms with van der Waals surface area (Å²) in [5.41, 5.74) is 2.08. The Morgan fingerprint density at radius 3 is 3.00 bits per heavy atom. The SMILES string of the molecule is O=CNN1OCCC1=O. The molecule has 0 aromatic carbocycles. The van der Waals surface area contributed by atoms with Crippen molar-refractivity contribution in [2.75, 3.05) is 6.61 Å². The minimum Gasteiger partial charge on any atom is -0.277 e. The van der Waals surface area contributed by atoms with Crippen LogP contribution in [-0.4, -0.2) is 24.1 Å². The highest BCUT2D eigenvalue weighted by atomic mass is 16.7. The van der Waals surface area contributed by atoms with Crippen LogP contribution in [0.25, 0.3) is 0 Å². The van der Waals surface area contributed by atoms with Crippen LogP contribution in [0.1, 0.15) is 6.42 Å². The van der Waals surface area contributed by atoms with Gasteiger partial charge in [-0.2, -0.15) is 0 Å². The molecule has 1 fully saturated rings. The average Bonchev–Trinajstić information content (AvgIpc) is 2.18. The fraction of sp³-hybridized carbons (Fsp3) is 0.500. The molecule has 0 spiro atoms. The second-order valence-electron chi connectivity index (χ2n) is 1.52. The lowest BCUT2D eigenvalue weighted by Crippen LogP contribution is -2.36. The summed E-state index contributed by atoms with van der Waals surface area (Å²) in [5.74, 6) is -0.220. The molecule has 1 aliphatic rings. The van der Waals surface area contributed by atoms with Crippen LogP contribution in [0.15, 0.2) is 0 Å². The van der Waals surface area contributed by atoms with Crippen molar-refractivity contribution in [2.24, 2.45) is 0 Å². The van der Waals surface area contributed by atoms with Gasteiger partial charge >= 0.3 is 0 Å². The van der Waals surface area contributed by atoms with E-state index in [1.165, 1.54) is 0 Å². The number of carbonyl (C=O) groups excluding carboxylic acids is 2. The molecule has 0 bridgehead atoms. The Labute approximate surface area is 51.5 Å². The smallest absolute Gasteiger partial charge is 0.269 e. The number of carbonyl (C=O) groups is 2. The molecular weight excluding hydrogens is 124 g/mol. The molecule has 0 radical (unpaired) electrons. The number of hydrogen-bond acceptors (Lipinski definition) is 3. The molecule has 2 amide bonds. The lowest BCUT2D eigenvalue weighted by atomic mass is 10.5. The van der Waals surface area contributed by atoms with Crippen molar-refractivity contribution in [2.45, 2.75) is 6.42 Å². The zero-order valence-electron chi connectivity index (χ0n) is 4.66. The quantitative estimate of drug-likeness (QED) is 0.478. The molecule has 0 saturated carbocycles. The van der Waals surface area contributed by atoms with E-state index in [0.29, 0.717) is 19.4 Å². The van der Waals surface area contributed by atoms with Crippen molar-refractivity contribution in [1.82, 2.24) is 10.6 Å². The van der Waals surface area contributed by atoms with Crippen LogP contribution in [0.2, 0.25) is 0 Å². The van der Waals surface area contributed by atoms with Crippen LogP contribution in [-0.2, 0) is 14.4 Å². The predicted octanol–water partition coefficient (Wildman–Crippen LogP) is -1.19. The third-order valence-corrected chi connectivity index (χ3v) is 0.933. The molecule has 0 unspecified atom stereocenters. The van der Waals surface area contributed by atoms with Crippen molar-refractivity contribution in [3.05, 3.63) is 0 Å². The van der Waals surface area contributed by atoms with Gasteiger partial charge in [0, 0.05) is 0 Å². The van der Waals surface area contributed by atoms with E-state index in [2.05, 4.69) is 10.3 Å². The Hall–Kier alpha value is -1.10. The van der Waals surface area contributed by atoms with Crippen LogP contribution in [0.4, 0.5) is 0 Å². The van der Waals surface area contributed by atoms with Crippen LogP contribution in [0.5, 0.6) is 0 Å². The topological polar surface area (TPSA) is 58.6 Å². The van der Waals surface area contributed by atoms with Gasteiger partial charge in [-0.15, -0.1) is 5.17 Å². The summed E-state index contributed by atoms with van der Waals surface area (Å²) in [7, 11) is 0. The molecule has 1 N–H and O–H groups in total. The molecule has 1 rings (SSSR count). The molecule has 0 aliphatic carbocycles. The fourth-order valence-corrected chi connectivity index (χ4v) is 0.555. The molecule has 5 nitrogen and oxygen atoms in total. The first kappa shape index (κ1) is 6.03. The first-order chi connectivity index (χ1) is 4.34. The van der Waals surface area contributed by atoms with Gasteiger partial charge in [-0.3, -0.25) is 14.4 Å². The third kappa shape index (κ3) is 1.17. The van der Waals surface area contributed by atoms with Gasteiger partial charge in [-0.05, 0) is 0 Å². The molecule has 0 atom stereocenters. The molecular formula is C4H6N2O3. The molecule has 1 saturated heterocycles. The molecule has 50 valence electrons. The Kier molecular flexibility index (Phi) is 1.64. The maximum Gasteiger partial charge on any atom is 0.269 e. The molecule has 9 heavy (non-hydrogen) atoms. The Bertz CT molecular complexity index is 136. The summed E-state index contributed by atoms with van der Waals surface area (Å²) in [6.07, 6.45) is 0.726. The summed E-state index contributed by atoms with van der Waals surface area (Å²) in [5, 5.41) is 0.826. The van der Waals surface area contributed by atoms with E-state index >= 15 is 0 Å². The number of nitrogens with zero attached hydrogens (tertiary/aromatic N) is 1. The second kappa shape index (κ2) is 2.45. The summed E-state index contributed by atoms with van der Waals surface area (Å²) < 4.78 is 0. The number of hydrazine groups is 1. The van der Waals surface area contributed by atoms with E-state index < -0.39 is 0 Å². The molecule has 1 aliphatic heterocycles. The van der Waals surface area contributed by atoms with Crippen molar-refractivity contribution in [1.29, 1.82) is 0 Å². The monoisotopic (exact) mass is 130 g/mol. The first-order valence-corrected chi connectivity index (χ1v) is 2.50. The van der Waals surface area contributed by atoms with Crippen molar-refractivity contribution in [3.8, 4) is 0 Å². The van der Waals surface area contributed by atoms with E-state index in [1.807, 2.05) is 0 Å². The standard InChI is InChI=1S/C4H6N2O3/c7-3-5-6-4(8)1-2-9-6/h3H,1-2H2,(H,5,7). The minimum atomic E-state index is -0.220. The number of rotatable bonds is 2. The number of hydrogen-bond donors (Lipinski definition) is 1. The van der Waals surface area contributed by atoms with E-state index in [-0.39, 0.29) is 5.91 Å². The maximum atomic E-state index is 10.5. The van der Waals surface area contributed by atoms with E-state index in [1.54, 1.807) is 0 Å². The van der Waals surface area contributed by atoms with E-state index in [0.717, 1.165) is 5.17 Å². The normalized spacial score (nSPS) is 18.2. The summed E-state index contributed by atoms with van der Waals surface area (Å²) in [6, 6.07) is 0. The summed E-state index contributed by atoms with van der Waals surface area (Å²) in [6.45, 7) is 0.347. The molecule has 0 aromatic rings. The highest BCUT2D eigenvalue weighted by Crippen LogP contribution is 2.00. The van der Waals surface area contributed by atoms with E-state index in [4.69, 9.17) is 0 Å². The second-order valence-corrected chi connectivity index (χ2v) is 1.52. The summed E-state index contributed by atoms with van der Waals surface area (Å²) >= 11 is 0. The van der Waals surface area contributed by atoms with Gasteiger partial charge in [0.2, 0.25) is 6.41 Å². The average molecular weight is 130 g/mol. The van der Waals surface area contributed by atoms with Crippen molar-refractivity contribution in [3.63, 3.8) is 0 Å². The fourth-order valence-electron chi connectivity index (χ4n) is 0.555. The minimum absolute atomic E-state index is 0.220. The van der Waals surface area contributed by atoms with Gasteiger partial charge in [0.1, 0.15) is 0 Å². The van der Waals surface area contributed by atoms with Gasteiger partial charge in [0.25, 0.3) is 5.91 Å².